The lowest BCUT2D eigenvalue weighted by atomic mass is 9.77. The molecule has 0 saturated heterocycles. The van der Waals surface area contributed by atoms with Crippen molar-refractivity contribution in [2.75, 3.05) is 7.11 Å². The number of benzene rings is 2. The van der Waals surface area contributed by atoms with Gasteiger partial charge >= 0.3 is 6.18 Å². The van der Waals surface area contributed by atoms with Crippen molar-refractivity contribution in [1.82, 2.24) is 15.0 Å². The Bertz CT molecular complexity index is 1460. The first-order chi connectivity index (χ1) is 16.8. The van der Waals surface area contributed by atoms with Gasteiger partial charge in [0.15, 0.2) is 0 Å². The molecule has 0 spiro atoms. The first-order valence-electron chi connectivity index (χ1n) is 10.4. The minimum absolute atomic E-state index is 0.0401. The van der Waals surface area contributed by atoms with Gasteiger partial charge in [0.05, 0.1) is 12.7 Å². The number of alkyl halides is 3. The van der Waals surface area contributed by atoms with Gasteiger partial charge in [-0.15, -0.1) is 0 Å². The summed E-state index contributed by atoms with van der Waals surface area (Å²) in [5, 5.41) is 0. The van der Waals surface area contributed by atoms with Crippen LogP contribution in [0.25, 0.3) is 11.1 Å². The molecule has 4 aromatic rings. The number of rotatable bonds is 4. The predicted molar refractivity (Wildman–Crippen MR) is 120 cm³/mol. The number of aliphatic imine (C=N–C) groups is 1. The van der Waals surface area contributed by atoms with Gasteiger partial charge in [0.25, 0.3) is 0 Å². The normalized spacial score (nSPS) is 17.1. The molecule has 1 aliphatic rings. The maximum Gasteiger partial charge on any atom is 0.433 e. The SMILES string of the molecule is COc1ccc(C2(c3ccnc(C(F)(F)F)c3)N=C(N)c3c(F)cccc32)cc1-c1cncnc1. The largest absolute Gasteiger partial charge is 0.496 e. The molecule has 1 aliphatic heterocycles. The molecule has 176 valence electrons. The third-order valence-electron chi connectivity index (χ3n) is 5.90. The summed E-state index contributed by atoms with van der Waals surface area (Å²) in [6.07, 6.45) is 0.892. The number of aromatic nitrogens is 3. The number of methoxy groups -OCH3 is 1. The zero-order chi connectivity index (χ0) is 24.8. The van der Waals surface area contributed by atoms with E-state index in [1.807, 2.05) is 0 Å². The van der Waals surface area contributed by atoms with Crippen LogP contribution in [0.4, 0.5) is 17.6 Å². The van der Waals surface area contributed by atoms with Crippen LogP contribution in [-0.2, 0) is 11.7 Å². The van der Waals surface area contributed by atoms with E-state index in [-0.39, 0.29) is 17.0 Å². The van der Waals surface area contributed by atoms with Crippen LogP contribution in [0, 0.1) is 5.82 Å². The van der Waals surface area contributed by atoms with Gasteiger partial charge in [0.2, 0.25) is 0 Å². The third kappa shape index (κ3) is 3.58. The van der Waals surface area contributed by atoms with Crippen molar-refractivity contribution < 1.29 is 22.3 Å². The van der Waals surface area contributed by atoms with Crippen LogP contribution in [0.1, 0.15) is 27.9 Å². The van der Waals surface area contributed by atoms with Crippen molar-refractivity contribution in [3.63, 3.8) is 0 Å². The Kier molecular flexibility index (Phi) is 5.23. The Morgan fingerprint density at radius 2 is 1.71 bits per heavy atom. The lowest BCUT2D eigenvalue weighted by Crippen LogP contribution is -2.26. The fourth-order valence-electron chi connectivity index (χ4n) is 4.40. The molecule has 2 N–H and O–H groups in total. The fourth-order valence-corrected chi connectivity index (χ4v) is 4.40. The van der Waals surface area contributed by atoms with Gasteiger partial charge in [-0.25, -0.2) is 19.4 Å². The Labute approximate surface area is 197 Å². The zero-order valence-electron chi connectivity index (χ0n) is 18.2. The first-order valence-corrected chi connectivity index (χ1v) is 10.4. The highest BCUT2D eigenvalue weighted by molar-refractivity contribution is 6.03. The third-order valence-corrected chi connectivity index (χ3v) is 5.90. The van der Waals surface area contributed by atoms with Crippen molar-refractivity contribution in [3.8, 4) is 16.9 Å². The maximum absolute atomic E-state index is 14.9. The molecule has 1 atom stereocenters. The predicted octanol–water partition coefficient (Wildman–Crippen LogP) is 4.72. The molecule has 5 rings (SSSR count). The average Bonchev–Trinajstić information content (AvgIpc) is 3.18. The van der Waals surface area contributed by atoms with Crippen LogP contribution in [0.5, 0.6) is 5.75 Å². The quantitative estimate of drug-likeness (QED) is 0.428. The van der Waals surface area contributed by atoms with Crippen molar-refractivity contribution in [1.29, 1.82) is 0 Å². The Morgan fingerprint density at radius 1 is 0.971 bits per heavy atom. The summed E-state index contributed by atoms with van der Waals surface area (Å²) >= 11 is 0. The second-order valence-electron chi connectivity index (χ2n) is 7.84. The lowest BCUT2D eigenvalue weighted by Gasteiger charge is -2.30. The molecule has 0 saturated carbocycles. The maximum atomic E-state index is 14.9. The van der Waals surface area contributed by atoms with E-state index in [4.69, 9.17) is 10.5 Å². The summed E-state index contributed by atoms with van der Waals surface area (Å²) in [6.45, 7) is 0. The van der Waals surface area contributed by atoms with Crippen molar-refractivity contribution in [2.24, 2.45) is 10.7 Å². The molecule has 2 aromatic carbocycles. The summed E-state index contributed by atoms with van der Waals surface area (Å²) in [6, 6.07) is 11.7. The van der Waals surface area contributed by atoms with Gasteiger partial charge in [0, 0.05) is 35.3 Å². The van der Waals surface area contributed by atoms with E-state index in [2.05, 4.69) is 19.9 Å². The Hall–Kier alpha value is -4.34. The van der Waals surface area contributed by atoms with Gasteiger partial charge in [-0.3, -0.25) is 4.98 Å². The van der Waals surface area contributed by atoms with E-state index in [9.17, 15) is 17.6 Å². The van der Waals surface area contributed by atoms with Crippen molar-refractivity contribution in [2.45, 2.75) is 11.7 Å². The number of amidine groups is 1. The standard InChI is InChI=1S/C25H17F4N5O/c1-35-20-6-5-15(9-17(20)14-11-31-13-32-12-14)24(16-7-8-33-21(10-16)25(27,28)29)18-3-2-4-19(26)22(18)23(30)34-24/h2-13H,1H3,(H2,30,34). The molecule has 0 fully saturated rings. The average molecular weight is 479 g/mol. The minimum Gasteiger partial charge on any atom is -0.496 e. The number of fused-ring (bicyclic) bond motifs is 1. The Balaban J connectivity index is 1.85. The monoisotopic (exact) mass is 479 g/mol. The Morgan fingerprint density at radius 3 is 2.43 bits per heavy atom. The number of ether oxygens (including phenoxy) is 1. The van der Waals surface area contributed by atoms with Gasteiger partial charge in [-0.1, -0.05) is 18.2 Å². The number of hydrogen-bond acceptors (Lipinski definition) is 6. The molecule has 2 aromatic heterocycles. The van der Waals surface area contributed by atoms with E-state index in [0.717, 1.165) is 12.3 Å². The highest BCUT2D eigenvalue weighted by Crippen LogP contribution is 2.48. The summed E-state index contributed by atoms with van der Waals surface area (Å²) < 4.78 is 61.1. The van der Waals surface area contributed by atoms with Gasteiger partial charge < -0.3 is 10.5 Å². The van der Waals surface area contributed by atoms with Crippen LogP contribution in [-0.4, -0.2) is 27.9 Å². The van der Waals surface area contributed by atoms with Crippen LogP contribution in [0.3, 0.4) is 0 Å². The molecule has 0 amide bonds. The summed E-state index contributed by atoms with van der Waals surface area (Å²) in [4.78, 5) is 16.1. The summed E-state index contributed by atoms with van der Waals surface area (Å²) in [7, 11) is 1.49. The van der Waals surface area contributed by atoms with Gasteiger partial charge in [0.1, 0.15) is 35.0 Å². The molecule has 0 bridgehead atoms. The topological polar surface area (TPSA) is 86.3 Å². The van der Waals surface area contributed by atoms with Crippen LogP contribution in [0.15, 0.2) is 78.4 Å². The molecule has 6 nitrogen and oxygen atoms in total. The minimum atomic E-state index is -4.69. The first kappa shape index (κ1) is 22.5. The van der Waals surface area contributed by atoms with E-state index >= 15 is 0 Å². The van der Waals surface area contributed by atoms with Crippen molar-refractivity contribution >= 4 is 5.84 Å². The van der Waals surface area contributed by atoms with Crippen LogP contribution >= 0.6 is 0 Å². The van der Waals surface area contributed by atoms with Crippen LogP contribution < -0.4 is 10.5 Å². The number of nitrogens with two attached hydrogens (primary N) is 1. The smallest absolute Gasteiger partial charge is 0.433 e. The van der Waals surface area contributed by atoms with E-state index in [1.54, 1.807) is 36.7 Å². The highest BCUT2D eigenvalue weighted by Gasteiger charge is 2.45. The van der Waals surface area contributed by atoms with Gasteiger partial charge in [-0.05, 0) is 41.5 Å². The number of pyridine rings is 1. The molecule has 3 heterocycles. The zero-order valence-corrected chi connectivity index (χ0v) is 18.2. The molecule has 35 heavy (non-hydrogen) atoms. The molecule has 0 radical (unpaired) electrons. The van der Waals surface area contributed by atoms with Gasteiger partial charge in [-0.2, -0.15) is 13.2 Å². The molecular formula is C25H17F4N5O. The number of nitrogens with zero attached hydrogens (tertiary/aromatic N) is 4. The second-order valence-corrected chi connectivity index (χ2v) is 7.84. The lowest BCUT2D eigenvalue weighted by molar-refractivity contribution is -0.141. The summed E-state index contributed by atoms with van der Waals surface area (Å²) in [5.74, 6) is -0.261. The summed E-state index contributed by atoms with van der Waals surface area (Å²) in [5.41, 5.74) is 5.61. The molecule has 10 heteroatoms. The number of halogens is 4. The number of hydrogen-bond donors (Lipinski definition) is 1. The molecular weight excluding hydrogens is 462 g/mol. The van der Waals surface area contributed by atoms with Crippen molar-refractivity contribution in [3.05, 3.63) is 107 Å². The molecule has 0 aliphatic carbocycles. The highest BCUT2D eigenvalue weighted by atomic mass is 19.4. The fraction of sp³-hybridized carbons (Fsp3) is 0.120. The van der Waals surface area contributed by atoms with Crippen LogP contribution in [0.2, 0.25) is 0 Å². The van der Waals surface area contributed by atoms with E-state index in [1.165, 1.54) is 31.6 Å². The second kappa shape index (κ2) is 8.15. The van der Waals surface area contributed by atoms with E-state index < -0.39 is 23.2 Å². The molecule has 1 unspecified atom stereocenters. The van der Waals surface area contributed by atoms with E-state index in [0.29, 0.717) is 28.0 Å².